The predicted octanol–water partition coefficient (Wildman–Crippen LogP) is 0.277. The van der Waals surface area contributed by atoms with Crippen LogP contribution < -0.4 is 11.1 Å². The molecule has 1 aliphatic carbocycles. The maximum Gasteiger partial charge on any atom is 0.254 e. The second-order valence-electron chi connectivity index (χ2n) is 4.41. The lowest BCUT2D eigenvalue weighted by molar-refractivity contribution is 0.0928. The zero-order valence-corrected chi connectivity index (χ0v) is 9.52. The van der Waals surface area contributed by atoms with Gasteiger partial charge in [-0.1, -0.05) is 6.42 Å². The number of amides is 1. The number of hydrogen-bond acceptors (Lipinski definition) is 3. The molecule has 2 unspecified atom stereocenters. The first kappa shape index (κ1) is 11.1. The maximum atomic E-state index is 11.9. The van der Waals surface area contributed by atoms with E-state index in [-0.39, 0.29) is 11.9 Å². The summed E-state index contributed by atoms with van der Waals surface area (Å²) in [5.74, 6) is 0.388. The van der Waals surface area contributed by atoms with E-state index in [2.05, 4.69) is 10.4 Å². The Balaban J connectivity index is 1.97. The molecule has 0 saturated heterocycles. The number of carbonyl (C=O) groups is 1. The standard InChI is InChI=1S/C11H18N4O/c1-15-7-9(6-13-15)11(16)14-10-4-2-3-8(10)5-12/h6-8,10H,2-5,12H2,1H3,(H,14,16). The van der Waals surface area contributed by atoms with Crippen molar-refractivity contribution in [2.24, 2.45) is 18.7 Å². The van der Waals surface area contributed by atoms with Crippen LogP contribution in [0.15, 0.2) is 12.4 Å². The topological polar surface area (TPSA) is 72.9 Å². The molecule has 2 atom stereocenters. The summed E-state index contributed by atoms with van der Waals surface area (Å²) < 4.78 is 1.63. The van der Waals surface area contributed by atoms with Crippen LogP contribution in [0.5, 0.6) is 0 Å². The van der Waals surface area contributed by atoms with Crippen molar-refractivity contribution >= 4 is 5.91 Å². The van der Waals surface area contributed by atoms with Crippen molar-refractivity contribution in [1.29, 1.82) is 0 Å². The molecule has 2 rings (SSSR count). The van der Waals surface area contributed by atoms with Crippen LogP contribution in [0.3, 0.4) is 0 Å². The van der Waals surface area contributed by atoms with Crippen molar-refractivity contribution in [2.45, 2.75) is 25.3 Å². The van der Waals surface area contributed by atoms with Gasteiger partial charge in [0.15, 0.2) is 0 Å². The molecular formula is C11H18N4O. The fourth-order valence-corrected chi connectivity index (χ4v) is 2.30. The molecule has 1 amide bonds. The molecular weight excluding hydrogens is 204 g/mol. The third-order valence-corrected chi connectivity index (χ3v) is 3.25. The Kier molecular flexibility index (Phi) is 3.24. The minimum absolute atomic E-state index is 0.0431. The lowest BCUT2D eigenvalue weighted by Crippen LogP contribution is -2.39. The van der Waals surface area contributed by atoms with E-state index in [1.165, 1.54) is 0 Å². The summed E-state index contributed by atoms with van der Waals surface area (Å²) in [5.41, 5.74) is 6.29. The van der Waals surface area contributed by atoms with Crippen molar-refractivity contribution in [3.05, 3.63) is 18.0 Å². The highest BCUT2D eigenvalue weighted by atomic mass is 16.1. The molecule has 0 spiro atoms. The van der Waals surface area contributed by atoms with Crippen molar-refractivity contribution in [1.82, 2.24) is 15.1 Å². The fraction of sp³-hybridized carbons (Fsp3) is 0.636. The van der Waals surface area contributed by atoms with E-state index in [4.69, 9.17) is 5.73 Å². The van der Waals surface area contributed by atoms with E-state index in [9.17, 15) is 4.79 Å². The first-order valence-corrected chi connectivity index (χ1v) is 5.70. The van der Waals surface area contributed by atoms with Crippen molar-refractivity contribution in [3.8, 4) is 0 Å². The van der Waals surface area contributed by atoms with Crippen molar-refractivity contribution < 1.29 is 4.79 Å². The minimum atomic E-state index is -0.0431. The molecule has 1 saturated carbocycles. The van der Waals surface area contributed by atoms with Gasteiger partial charge in [-0.25, -0.2) is 0 Å². The SMILES string of the molecule is Cn1cc(C(=O)NC2CCCC2CN)cn1. The van der Waals surface area contributed by atoms with Crippen molar-refractivity contribution in [2.75, 3.05) is 6.54 Å². The van der Waals surface area contributed by atoms with Gasteiger partial charge in [0.1, 0.15) is 0 Å². The number of nitrogens with two attached hydrogens (primary N) is 1. The van der Waals surface area contributed by atoms with Crippen LogP contribution in [0.2, 0.25) is 0 Å². The van der Waals surface area contributed by atoms with Crippen LogP contribution in [0.25, 0.3) is 0 Å². The highest BCUT2D eigenvalue weighted by Crippen LogP contribution is 2.24. The van der Waals surface area contributed by atoms with E-state index in [0.717, 1.165) is 19.3 Å². The van der Waals surface area contributed by atoms with E-state index < -0.39 is 0 Å². The van der Waals surface area contributed by atoms with Gasteiger partial charge in [-0.3, -0.25) is 9.48 Å². The molecule has 0 bridgehead atoms. The number of nitrogens with one attached hydrogen (secondary N) is 1. The number of carbonyl (C=O) groups excluding carboxylic acids is 1. The van der Waals surface area contributed by atoms with E-state index in [1.807, 2.05) is 0 Å². The smallest absolute Gasteiger partial charge is 0.254 e. The Morgan fingerprint density at radius 3 is 3.12 bits per heavy atom. The average Bonchev–Trinajstić information content (AvgIpc) is 2.86. The molecule has 88 valence electrons. The van der Waals surface area contributed by atoms with E-state index >= 15 is 0 Å². The van der Waals surface area contributed by atoms with Gasteiger partial charge in [0.25, 0.3) is 5.91 Å². The Morgan fingerprint density at radius 2 is 2.50 bits per heavy atom. The van der Waals surface area contributed by atoms with Crippen LogP contribution in [0.1, 0.15) is 29.6 Å². The second kappa shape index (κ2) is 4.65. The number of hydrogen-bond donors (Lipinski definition) is 2. The molecule has 1 aromatic heterocycles. The number of aromatic nitrogens is 2. The van der Waals surface area contributed by atoms with Crippen LogP contribution in [-0.4, -0.2) is 28.3 Å². The molecule has 5 nitrogen and oxygen atoms in total. The molecule has 5 heteroatoms. The van der Waals surface area contributed by atoms with Gasteiger partial charge in [0.05, 0.1) is 11.8 Å². The third kappa shape index (κ3) is 2.24. The summed E-state index contributed by atoms with van der Waals surface area (Å²) in [6.45, 7) is 0.651. The van der Waals surface area contributed by atoms with E-state index in [0.29, 0.717) is 18.0 Å². The summed E-state index contributed by atoms with van der Waals surface area (Å²) >= 11 is 0. The molecule has 1 fully saturated rings. The summed E-state index contributed by atoms with van der Waals surface area (Å²) in [5, 5.41) is 7.02. The van der Waals surface area contributed by atoms with E-state index in [1.54, 1.807) is 24.1 Å². The third-order valence-electron chi connectivity index (χ3n) is 3.25. The van der Waals surface area contributed by atoms with Gasteiger partial charge >= 0.3 is 0 Å². The number of nitrogens with zero attached hydrogens (tertiary/aromatic N) is 2. The Morgan fingerprint density at radius 1 is 1.69 bits per heavy atom. The predicted molar refractivity (Wildman–Crippen MR) is 60.9 cm³/mol. The number of rotatable bonds is 3. The molecule has 0 aliphatic heterocycles. The average molecular weight is 222 g/mol. The molecule has 0 aromatic carbocycles. The minimum Gasteiger partial charge on any atom is -0.349 e. The van der Waals surface area contributed by atoms with Crippen LogP contribution in [0, 0.1) is 5.92 Å². The van der Waals surface area contributed by atoms with Gasteiger partial charge in [-0.2, -0.15) is 5.10 Å². The molecule has 1 aliphatic rings. The highest BCUT2D eigenvalue weighted by Gasteiger charge is 2.27. The van der Waals surface area contributed by atoms with Crippen LogP contribution in [-0.2, 0) is 7.05 Å². The Labute approximate surface area is 95.0 Å². The highest BCUT2D eigenvalue weighted by molar-refractivity contribution is 5.93. The summed E-state index contributed by atoms with van der Waals surface area (Å²) in [4.78, 5) is 11.9. The normalized spacial score (nSPS) is 24.6. The summed E-state index contributed by atoms with van der Waals surface area (Å²) in [6, 6.07) is 0.234. The van der Waals surface area contributed by atoms with Gasteiger partial charge in [-0.05, 0) is 25.3 Å². The Hall–Kier alpha value is -1.36. The number of aryl methyl sites for hydroxylation is 1. The molecule has 3 N–H and O–H groups in total. The molecule has 1 aromatic rings. The molecule has 0 radical (unpaired) electrons. The Bertz CT molecular complexity index is 374. The molecule has 16 heavy (non-hydrogen) atoms. The lowest BCUT2D eigenvalue weighted by atomic mass is 10.0. The van der Waals surface area contributed by atoms with Gasteiger partial charge < -0.3 is 11.1 Å². The van der Waals surface area contributed by atoms with Crippen LogP contribution in [0.4, 0.5) is 0 Å². The second-order valence-corrected chi connectivity index (χ2v) is 4.41. The maximum absolute atomic E-state index is 11.9. The summed E-state index contributed by atoms with van der Waals surface area (Å²) in [6.07, 6.45) is 6.62. The largest absolute Gasteiger partial charge is 0.349 e. The van der Waals surface area contributed by atoms with Gasteiger partial charge in [0, 0.05) is 19.3 Å². The van der Waals surface area contributed by atoms with Crippen LogP contribution >= 0.6 is 0 Å². The summed E-state index contributed by atoms with van der Waals surface area (Å²) in [7, 11) is 1.80. The van der Waals surface area contributed by atoms with Gasteiger partial charge in [-0.15, -0.1) is 0 Å². The first-order chi connectivity index (χ1) is 7.70. The zero-order valence-electron chi connectivity index (χ0n) is 9.52. The molecule has 1 heterocycles. The van der Waals surface area contributed by atoms with Crippen molar-refractivity contribution in [3.63, 3.8) is 0 Å². The monoisotopic (exact) mass is 222 g/mol. The van der Waals surface area contributed by atoms with Gasteiger partial charge in [0.2, 0.25) is 0 Å². The first-order valence-electron chi connectivity index (χ1n) is 5.70. The fourth-order valence-electron chi connectivity index (χ4n) is 2.30. The quantitative estimate of drug-likeness (QED) is 0.771. The lowest BCUT2D eigenvalue weighted by Gasteiger charge is -2.18. The zero-order chi connectivity index (χ0) is 11.5.